The lowest BCUT2D eigenvalue weighted by molar-refractivity contribution is -0.136. The Morgan fingerprint density at radius 1 is 1.36 bits per heavy atom. The van der Waals surface area contributed by atoms with Crippen LogP contribution >= 0.6 is 0 Å². The van der Waals surface area contributed by atoms with Gasteiger partial charge in [0.05, 0.1) is 6.04 Å². The van der Waals surface area contributed by atoms with Gasteiger partial charge in [0.25, 0.3) is 0 Å². The Morgan fingerprint density at radius 3 is 2.93 bits per heavy atom. The quantitative estimate of drug-likeness (QED) is 0.590. The molecule has 0 aromatic rings. The maximum absolute atomic E-state index is 11.6. The summed E-state index contributed by atoms with van der Waals surface area (Å²) in [6.45, 7) is 3.54. The Kier molecular flexibility index (Phi) is 2.54. The molecule has 3 atom stereocenters. The van der Waals surface area contributed by atoms with Crippen molar-refractivity contribution in [2.24, 2.45) is 0 Å². The summed E-state index contributed by atoms with van der Waals surface area (Å²) in [6, 6.07) is -0.323. The molecule has 0 saturated carbocycles. The van der Waals surface area contributed by atoms with E-state index in [4.69, 9.17) is 0 Å². The minimum Gasteiger partial charge on any atom is -0.344 e. The molecule has 4 nitrogen and oxygen atoms in total. The number of Topliss-reactive ketones (excluding diaryl/α,β-unsaturated/α-hetero) is 1. The number of ketones is 1. The molecule has 0 spiro atoms. The average Bonchev–Trinajstić information content (AvgIpc) is 2.15. The van der Waals surface area contributed by atoms with Gasteiger partial charge < -0.3 is 5.32 Å². The largest absolute Gasteiger partial charge is 0.344 e. The Labute approximate surface area is 83.6 Å². The number of nitrogens with one attached hydrogen (secondary N) is 1. The summed E-state index contributed by atoms with van der Waals surface area (Å²) in [5.41, 5.74) is 0. The third kappa shape index (κ3) is 1.66. The predicted octanol–water partition coefficient (Wildman–Crippen LogP) is -0.0717. The van der Waals surface area contributed by atoms with Crippen molar-refractivity contribution < 1.29 is 9.59 Å². The zero-order valence-corrected chi connectivity index (χ0v) is 8.45. The van der Waals surface area contributed by atoms with Gasteiger partial charge in [-0.2, -0.15) is 0 Å². The summed E-state index contributed by atoms with van der Waals surface area (Å²) in [5, 5.41) is 2.78. The van der Waals surface area contributed by atoms with E-state index in [1.165, 1.54) is 0 Å². The van der Waals surface area contributed by atoms with Gasteiger partial charge in [-0.1, -0.05) is 0 Å². The number of hydrogen-bond donors (Lipinski definition) is 1. The lowest BCUT2D eigenvalue weighted by atomic mass is 9.98. The lowest BCUT2D eigenvalue weighted by Crippen LogP contribution is -2.62. The monoisotopic (exact) mass is 196 g/mol. The van der Waals surface area contributed by atoms with E-state index in [0.717, 1.165) is 19.4 Å². The summed E-state index contributed by atoms with van der Waals surface area (Å²) >= 11 is 0. The molecule has 2 rings (SSSR count). The van der Waals surface area contributed by atoms with E-state index in [0.29, 0.717) is 13.0 Å². The number of fused-ring (bicyclic) bond motifs is 2. The third-order valence-electron chi connectivity index (χ3n) is 3.17. The fourth-order valence-corrected chi connectivity index (χ4v) is 2.15. The van der Waals surface area contributed by atoms with Crippen molar-refractivity contribution in [2.75, 3.05) is 13.1 Å². The second kappa shape index (κ2) is 3.69. The van der Waals surface area contributed by atoms with E-state index in [9.17, 15) is 9.59 Å². The lowest BCUT2D eigenvalue weighted by Gasteiger charge is -2.38. The molecule has 0 aromatic heterocycles. The molecule has 2 aliphatic rings. The molecule has 1 unspecified atom stereocenters. The minimum atomic E-state index is -0.251. The average molecular weight is 196 g/mol. The van der Waals surface area contributed by atoms with Crippen LogP contribution in [0.2, 0.25) is 0 Å². The number of amides is 1. The molecule has 0 aliphatic carbocycles. The first-order valence-electron chi connectivity index (χ1n) is 5.25. The maximum atomic E-state index is 11.6. The Bertz CT molecular complexity index is 263. The first kappa shape index (κ1) is 9.65. The molecule has 1 amide bonds. The molecule has 0 aromatic carbocycles. The fraction of sp³-hybridized carbons (Fsp3) is 0.800. The second-order valence-corrected chi connectivity index (χ2v) is 4.16. The van der Waals surface area contributed by atoms with Crippen LogP contribution in [0.1, 0.15) is 26.2 Å². The SMILES string of the molecule is C[C@H]1C(=O)N[C@H]2CN1CCCCC2=O. The Balaban J connectivity index is 2.15. The van der Waals surface area contributed by atoms with Gasteiger partial charge >= 0.3 is 0 Å². The van der Waals surface area contributed by atoms with Crippen LogP contribution in [-0.2, 0) is 9.59 Å². The van der Waals surface area contributed by atoms with Gasteiger partial charge in [-0.05, 0) is 26.3 Å². The molecular formula is C10H16N2O2. The van der Waals surface area contributed by atoms with Crippen molar-refractivity contribution in [1.29, 1.82) is 0 Å². The number of rotatable bonds is 0. The standard InChI is InChI=1S/C10H16N2O2/c1-7-10(14)11-8-6-12(7)5-3-2-4-9(8)13/h7-8H,2-6H2,1H3,(H,11,14)/t7-,8-/m0/s1. The highest BCUT2D eigenvalue weighted by molar-refractivity contribution is 5.92. The molecule has 2 heterocycles. The van der Waals surface area contributed by atoms with Crippen molar-refractivity contribution in [2.45, 2.75) is 38.3 Å². The molecule has 2 fully saturated rings. The molecular weight excluding hydrogens is 180 g/mol. The van der Waals surface area contributed by atoms with Crippen LogP contribution < -0.4 is 5.32 Å². The van der Waals surface area contributed by atoms with E-state index >= 15 is 0 Å². The second-order valence-electron chi connectivity index (χ2n) is 4.16. The smallest absolute Gasteiger partial charge is 0.237 e. The van der Waals surface area contributed by atoms with Gasteiger partial charge in [0.15, 0.2) is 5.78 Å². The molecule has 2 bridgehead atoms. The molecule has 2 saturated heterocycles. The van der Waals surface area contributed by atoms with E-state index in [2.05, 4.69) is 10.2 Å². The number of piperazine rings is 1. The topological polar surface area (TPSA) is 49.4 Å². The summed E-state index contributed by atoms with van der Waals surface area (Å²) in [6.07, 6.45) is 2.59. The minimum absolute atomic E-state index is 0.00324. The van der Waals surface area contributed by atoms with Crippen molar-refractivity contribution >= 4 is 11.7 Å². The molecule has 4 heteroatoms. The predicted molar refractivity (Wildman–Crippen MR) is 51.8 cm³/mol. The van der Waals surface area contributed by atoms with Gasteiger partial charge in [0.1, 0.15) is 6.04 Å². The number of hydrogen-bond acceptors (Lipinski definition) is 3. The van der Waals surface area contributed by atoms with Crippen LogP contribution in [0.3, 0.4) is 0 Å². The summed E-state index contributed by atoms with van der Waals surface area (Å²) in [5.74, 6) is 0.187. The molecule has 1 N–H and O–H groups in total. The summed E-state index contributed by atoms with van der Waals surface area (Å²) in [7, 11) is 0. The highest BCUT2D eigenvalue weighted by Crippen LogP contribution is 2.15. The Morgan fingerprint density at radius 2 is 2.14 bits per heavy atom. The van der Waals surface area contributed by atoms with Gasteiger partial charge in [-0.25, -0.2) is 0 Å². The van der Waals surface area contributed by atoms with E-state index in [1.54, 1.807) is 0 Å². The van der Waals surface area contributed by atoms with Crippen LogP contribution in [0.15, 0.2) is 0 Å². The molecule has 0 radical (unpaired) electrons. The zero-order valence-electron chi connectivity index (χ0n) is 8.45. The van der Waals surface area contributed by atoms with E-state index < -0.39 is 0 Å². The van der Waals surface area contributed by atoms with Crippen molar-refractivity contribution in [3.05, 3.63) is 0 Å². The highest BCUT2D eigenvalue weighted by Gasteiger charge is 2.35. The van der Waals surface area contributed by atoms with E-state index in [1.807, 2.05) is 6.92 Å². The van der Waals surface area contributed by atoms with Gasteiger partial charge in [-0.15, -0.1) is 0 Å². The fourth-order valence-electron chi connectivity index (χ4n) is 2.15. The normalized spacial score (nSPS) is 38.5. The molecule has 2 aliphatic heterocycles. The van der Waals surface area contributed by atoms with Crippen LogP contribution in [-0.4, -0.2) is 41.8 Å². The number of nitrogens with zero attached hydrogens (tertiary/aromatic N) is 1. The van der Waals surface area contributed by atoms with Crippen molar-refractivity contribution in [3.63, 3.8) is 0 Å². The summed E-state index contributed by atoms with van der Waals surface area (Å²) in [4.78, 5) is 25.2. The summed E-state index contributed by atoms with van der Waals surface area (Å²) < 4.78 is 0. The van der Waals surface area contributed by atoms with Crippen molar-refractivity contribution in [1.82, 2.24) is 10.2 Å². The van der Waals surface area contributed by atoms with Crippen LogP contribution in [0.25, 0.3) is 0 Å². The van der Waals surface area contributed by atoms with Crippen LogP contribution in [0.5, 0.6) is 0 Å². The Hall–Kier alpha value is -0.900. The van der Waals surface area contributed by atoms with Crippen LogP contribution in [0.4, 0.5) is 0 Å². The number of carbonyl (C=O) groups is 2. The number of carbonyl (C=O) groups excluding carboxylic acids is 2. The van der Waals surface area contributed by atoms with Crippen LogP contribution in [0, 0.1) is 0 Å². The van der Waals surface area contributed by atoms with Gasteiger partial charge in [0, 0.05) is 13.0 Å². The van der Waals surface area contributed by atoms with Gasteiger partial charge in [0.2, 0.25) is 5.91 Å². The first-order chi connectivity index (χ1) is 6.68. The molecule has 14 heavy (non-hydrogen) atoms. The van der Waals surface area contributed by atoms with Gasteiger partial charge in [-0.3, -0.25) is 14.5 Å². The zero-order chi connectivity index (χ0) is 10.1. The highest BCUT2D eigenvalue weighted by atomic mass is 16.2. The maximum Gasteiger partial charge on any atom is 0.237 e. The first-order valence-corrected chi connectivity index (χ1v) is 5.25. The molecule has 78 valence electrons. The van der Waals surface area contributed by atoms with E-state index in [-0.39, 0.29) is 23.8 Å². The third-order valence-corrected chi connectivity index (χ3v) is 3.17. The van der Waals surface area contributed by atoms with Crippen molar-refractivity contribution in [3.8, 4) is 0 Å².